The summed E-state index contributed by atoms with van der Waals surface area (Å²) in [5.74, 6) is 0.598. The molecule has 4 aromatic carbocycles. The van der Waals surface area contributed by atoms with Crippen LogP contribution in [0.15, 0.2) is 126 Å². The summed E-state index contributed by atoms with van der Waals surface area (Å²) in [4.78, 5) is 14.4. The number of pyridine rings is 2. The van der Waals surface area contributed by atoms with E-state index < -0.39 is 0 Å². The van der Waals surface area contributed by atoms with Crippen molar-refractivity contribution in [3.63, 3.8) is 0 Å². The maximum atomic E-state index is 6.41. The topological polar surface area (TPSA) is 56.2 Å². The Morgan fingerprint density at radius 2 is 1.12 bits per heavy atom. The third-order valence-electron chi connectivity index (χ3n) is 7.93. The molecule has 186 valence electrons. The first-order valence-corrected chi connectivity index (χ1v) is 13.3. The van der Waals surface area contributed by atoms with Gasteiger partial charge in [0.1, 0.15) is 0 Å². The number of para-hydroxylation sites is 3. The molecule has 0 saturated carbocycles. The molecule has 0 radical (unpaired) electrons. The first-order valence-electron chi connectivity index (χ1n) is 13.3. The van der Waals surface area contributed by atoms with Gasteiger partial charge < -0.3 is 4.42 Å². The number of benzene rings is 4. The largest absolute Gasteiger partial charge is 0.422 e. The molecule has 4 aromatic heterocycles. The van der Waals surface area contributed by atoms with E-state index in [0.717, 1.165) is 72.5 Å². The van der Waals surface area contributed by atoms with Crippen LogP contribution in [0.4, 0.5) is 0 Å². The quantitative estimate of drug-likeness (QED) is 0.221. The number of nitrogens with zero attached hydrogens (tertiary/aromatic N) is 4. The number of aromatic nitrogens is 4. The van der Waals surface area contributed by atoms with Crippen molar-refractivity contribution in [2.45, 2.75) is 0 Å². The Bertz CT molecular complexity index is 2290. The minimum absolute atomic E-state index is 0.598. The van der Waals surface area contributed by atoms with Gasteiger partial charge in [0.25, 0.3) is 0 Å². The highest BCUT2D eigenvalue weighted by atomic mass is 16.4. The summed E-state index contributed by atoms with van der Waals surface area (Å²) >= 11 is 0. The molecule has 0 fully saturated rings. The third-order valence-corrected chi connectivity index (χ3v) is 7.93. The van der Waals surface area contributed by atoms with Crippen LogP contribution >= 0.6 is 0 Å². The van der Waals surface area contributed by atoms with Crippen LogP contribution in [0.25, 0.3) is 83.9 Å². The van der Waals surface area contributed by atoms with E-state index in [2.05, 4.69) is 83.3 Å². The van der Waals surface area contributed by atoms with Crippen LogP contribution in [-0.2, 0) is 0 Å². The molecule has 0 spiro atoms. The van der Waals surface area contributed by atoms with Gasteiger partial charge in [-0.25, -0.2) is 0 Å². The molecule has 0 amide bonds. The summed E-state index contributed by atoms with van der Waals surface area (Å²) in [5, 5.41) is 0. The SMILES string of the molecule is c1ccc2c(c1)-c1ccc(-c3cccc4c3oc3nc5ccccc5n34)cc1-c1cccnc1-c1ncccc1-2. The van der Waals surface area contributed by atoms with E-state index >= 15 is 0 Å². The maximum absolute atomic E-state index is 6.41. The second-order valence-corrected chi connectivity index (χ2v) is 10.1. The van der Waals surface area contributed by atoms with Gasteiger partial charge in [0, 0.05) is 29.1 Å². The smallest absolute Gasteiger partial charge is 0.307 e. The normalized spacial score (nSPS) is 12.0. The Morgan fingerprint density at radius 3 is 1.95 bits per heavy atom. The van der Waals surface area contributed by atoms with Crippen LogP contribution < -0.4 is 0 Å². The van der Waals surface area contributed by atoms with Gasteiger partial charge in [0.05, 0.1) is 27.9 Å². The van der Waals surface area contributed by atoms with Gasteiger partial charge in [-0.05, 0) is 64.2 Å². The fraction of sp³-hybridized carbons (Fsp3) is 0. The number of fused-ring (bicyclic) bond motifs is 13. The Balaban J connectivity index is 1.34. The van der Waals surface area contributed by atoms with E-state index in [0.29, 0.717) is 5.84 Å². The zero-order chi connectivity index (χ0) is 26.2. The molecular weight excluding hydrogens is 492 g/mol. The van der Waals surface area contributed by atoms with Crippen molar-refractivity contribution < 1.29 is 4.42 Å². The van der Waals surface area contributed by atoms with E-state index in [1.165, 1.54) is 5.56 Å². The molecule has 1 aliphatic carbocycles. The Kier molecular flexibility index (Phi) is 4.27. The molecule has 5 nitrogen and oxygen atoms in total. The van der Waals surface area contributed by atoms with E-state index in [9.17, 15) is 0 Å². The van der Waals surface area contributed by atoms with Crippen molar-refractivity contribution in [1.29, 1.82) is 0 Å². The number of oxazole rings is 1. The van der Waals surface area contributed by atoms with Gasteiger partial charge in [-0.3, -0.25) is 14.4 Å². The van der Waals surface area contributed by atoms with Gasteiger partial charge >= 0.3 is 5.84 Å². The van der Waals surface area contributed by atoms with Gasteiger partial charge in [0.15, 0.2) is 5.58 Å². The predicted octanol–water partition coefficient (Wildman–Crippen LogP) is 8.67. The van der Waals surface area contributed by atoms with E-state index in [-0.39, 0.29) is 0 Å². The summed E-state index contributed by atoms with van der Waals surface area (Å²) < 4.78 is 8.51. The van der Waals surface area contributed by atoms with Gasteiger partial charge in [0.2, 0.25) is 0 Å². The summed E-state index contributed by atoms with van der Waals surface area (Å²) in [6, 6.07) is 37.9. The van der Waals surface area contributed by atoms with Crippen LogP contribution in [0, 0.1) is 0 Å². The van der Waals surface area contributed by atoms with Gasteiger partial charge in [-0.15, -0.1) is 0 Å². The summed E-state index contributed by atoms with van der Waals surface area (Å²) in [6.45, 7) is 0. The van der Waals surface area contributed by atoms with Crippen molar-refractivity contribution >= 4 is 28.0 Å². The minimum Gasteiger partial charge on any atom is -0.422 e. The zero-order valence-corrected chi connectivity index (χ0v) is 21.2. The lowest BCUT2D eigenvalue weighted by molar-refractivity contribution is 0.644. The average molecular weight is 513 g/mol. The molecule has 1 aliphatic rings. The Labute approximate surface area is 229 Å². The van der Waals surface area contributed by atoms with Crippen LogP contribution in [0.1, 0.15) is 0 Å². The monoisotopic (exact) mass is 512 g/mol. The van der Waals surface area contributed by atoms with Crippen LogP contribution in [0.5, 0.6) is 0 Å². The van der Waals surface area contributed by atoms with Crippen molar-refractivity contribution in [2.24, 2.45) is 0 Å². The molecule has 0 saturated heterocycles. The first-order chi connectivity index (χ1) is 19.8. The molecule has 8 aromatic rings. The Hall–Kier alpha value is -5.55. The summed E-state index contributed by atoms with van der Waals surface area (Å²) in [5.41, 5.74) is 14.4. The Morgan fingerprint density at radius 1 is 0.500 bits per heavy atom. The molecule has 0 atom stereocenters. The molecular formula is C35H20N4O. The predicted molar refractivity (Wildman–Crippen MR) is 159 cm³/mol. The van der Waals surface area contributed by atoms with Gasteiger partial charge in [-0.1, -0.05) is 72.8 Å². The van der Waals surface area contributed by atoms with Crippen LogP contribution in [-0.4, -0.2) is 19.4 Å². The van der Waals surface area contributed by atoms with Crippen molar-refractivity contribution in [2.75, 3.05) is 0 Å². The second kappa shape index (κ2) is 7.98. The van der Waals surface area contributed by atoms with Crippen molar-refractivity contribution in [3.8, 4) is 55.9 Å². The molecule has 40 heavy (non-hydrogen) atoms. The lowest BCUT2D eigenvalue weighted by Gasteiger charge is -2.22. The molecule has 5 heteroatoms. The zero-order valence-electron chi connectivity index (χ0n) is 21.2. The summed E-state index contributed by atoms with van der Waals surface area (Å²) in [7, 11) is 0. The second-order valence-electron chi connectivity index (χ2n) is 10.1. The molecule has 0 aliphatic heterocycles. The molecule has 4 heterocycles. The van der Waals surface area contributed by atoms with E-state index in [4.69, 9.17) is 19.4 Å². The highest BCUT2D eigenvalue weighted by Crippen LogP contribution is 2.47. The molecule has 0 bridgehead atoms. The number of hydrogen-bond donors (Lipinski definition) is 0. The number of imidazole rings is 1. The average Bonchev–Trinajstić information content (AvgIpc) is 3.56. The first kappa shape index (κ1) is 21.4. The molecule has 0 N–H and O–H groups in total. The molecule has 9 rings (SSSR count). The maximum Gasteiger partial charge on any atom is 0.307 e. The van der Waals surface area contributed by atoms with Crippen LogP contribution in [0.3, 0.4) is 0 Å². The molecule has 0 unspecified atom stereocenters. The number of rotatable bonds is 1. The number of hydrogen-bond acceptors (Lipinski definition) is 4. The summed E-state index contributed by atoms with van der Waals surface area (Å²) in [6.07, 6.45) is 3.69. The fourth-order valence-corrected chi connectivity index (χ4v) is 6.18. The highest BCUT2D eigenvalue weighted by Gasteiger charge is 2.24. The van der Waals surface area contributed by atoms with Crippen LogP contribution in [0.2, 0.25) is 0 Å². The third kappa shape index (κ3) is 2.89. The van der Waals surface area contributed by atoms with Crippen molar-refractivity contribution in [3.05, 3.63) is 122 Å². The minimum atomic E-state index is 0.598. The van der Waals surface area contributed by atoms with E-state index in [1.54, 1.807) is 0 Å². The fourth-order valence-electron chi connectivity index (χ4n) is 6.18. The van der Waals surface area contributed by atoms with Crippen molar-refractivity contribution in [1.82, 2.24) is 19.4 Å². The highest BCUT2D eigenvalue weighted by molar-refractivity contribution is 6.03. The lowest BCUT2D eigenvalue weighted by Crippen LogP contribution is -2.00. The van der Waals surface area contributed by atoms with Gasteiger partial charge in [-0.2, -0.15) is 4.98 Å². The standard InChI is InChI=1S/C35H20N4O/c1-2-9-24-23(8-1)25-17-16-21(20-28(25)27-12-7-19-37-33(27)32-26(24)11-6-18-36-32)22-10-5-15-31-34(22)40-35-38-29-13-3-4-14-30(29)39(31)35/h1-20H. The lowest BCUT2D eigenvalue weighted by atomic mass is 9.83. The van der Waals surface area contributed by atoms with E-state index in [1.807, 2.05) is 42.7 Å².